The number of hydrogen-bond donors (Lipinski definition) is 2. The van der Waals surface area contributed by atoms with Crippen molar-refractivity contribution >= 4 is 27.9 Å². The molecule has 0 radical (unpaired) electrons. The second-order valence-electron chi connectivity index (χ2n) is 5.77. The standard InChI is InChI=1S/C19H14FN3O2S/c1-11-17(18(25)21-14-4-2-3-5-16(14)24)26-19-22-15(10-23(11)19)12-6-8-13(20)9-7-12/h2-10,24H,1H3,(H,21,25). The lowest BCUT2D eigenvalue weighted by molar-refractivity contribution is 0.102. The van der Waals surface area contributed by atoms with Crippen molar-refractivity contribution in [3.8, 4) is 17.0 Å². The average Bonchev–Trinajstić information content (AvgIpc) is 3.17. The molecule has 0 saturated carbocycles. The maximum absolute atomic E-state index is 13.1. The fraction of sp³-hybridized carbons (Fsp3) is 0.0526. The molecule has 2 aromatic heterocycles. The second-order valence-corrected chi connectivity index (χ2v) is 6.75. The van der Waals surface area contributed by atoms with Crippen LogP contribution in [0.5, 0.6) is 5.75 Å². The first-order valence-corrected chi connectivity index (χ1v) is 8.68. The van der Waals surface area contributed by atoms with Gasteiger partial charge in [-0.25, -0.2) is 9.37 Å². The van der Waals surface area contributed by atoms with Crippen LogP contribution in [0.15, 0.2) is 54.7 Å². The number of rotatable bonds is 3. The van der Waals surface area contributed by atoms with E-state index >= 15 is 0 Å². The molecule has 0 unspecified atom stereocenters. The lowest BCUT2D eigenvalue weighted by atomic mass is 10.2. The minimum Gasteiger partial charge on any atom is -0.506 e. The lowest BCUT2D eigenvalue weighted by Gasteiger charge is -2.06. The van der Waals surface area contributed by atoms with Crippen LogP contribution in [0.25, 0.3) is 16.2 Å². The lowest BCUT2D eigenvalue weighted by Crippen LogP contribution is -2.12. The number of hydrogen-bond acceptors (Lipinski definition) is 4. The largest absolute Gasteiger partial charge is 0.506 e. The van der Waals surface area contributed by atoms with Crippen molar-refractivity contribution in [2.45, 2.75) is 6.92 Å². The Hall–Kier alpha value is -3.19. The number of aryl methyl sites for hydroxylation is 1. The summed E-state index contributed by atoms with van der Waals surface area (Å²) < 4.78 is 14.9. The minimum atomic E-state index is -0.303. The summed E-state index contributed by atoms with van der Waals surface area (Å²) in [5.74, 6) is -0.588. The summed E-state index contributed by atoms with van der Waals surface area (Å²) in [7, 11) is 0. The number of nitrogens with one attached hydrogen (secondary N) is 1. The van der Waals surface area contributed by atoms with Crippen molar-refractivity contribution in [3.63, 3.8) is 0 Å². The zero-order valence-electron chi connectivity index (χ0n) is 13.7. The number of carbonyl (C=O) groups is 1. The summed E-state index contributed by atoms with van der Waals surface area (Å²) in [6.45, 7) is 1.83. The number of phenols is 1. The van der Waals surface area contributed by atoms with Crippen LogP contribution >= 0.6 is 11.3 Å². The van der Waals surface area contributed by atoms with Crippen molar-refractivity contribution in [2.24, 2.45) is 0 Å². The monoisotopic (exact) mass is 367 g/mol. The number of aromatic nitrogens is 2. The van der Waals surface area contributed by atoms with Crippen molar-refractivity contribution in [3.05, 3.63) is 71.1 Å². The van der Waals surface area contributed by atoms with Crippen LogP contribution in [0, 0.1) is 12.7 Å². The SMILES string of the molecule is Cc1c(C(=O)Nc2ccccc2O)sc2nc(-c3ccc(F)cc3)cn12. The van der Waals surface area contributed by atoms with Gasteiger partial charge in [-0.3, -0.25) is 9.20 Å². The Morgan fingerprint density at radius 2 is 1.92 bits per heavy atom. The van der Waals surface area contributed by atoms with Gasteiger partial charge in [-0.05, 0) is 43.3 Å². The Morgan fingerprint density at radius 3 is 2.62 bits per heavy atom. The maximum atomic E-state index is 13.1. The fourth-order valence-corrected chi connectivity index (χ4v) is 3.68. The third-order valence-corrected chi connectivity index (χ3v) is 5.21. The Labute approximate surface area is 152 Å². The van der Waals surface area contributed by atoms with Crippen LogP contribution in [0.2, 0.25) is 0 Å². The van der Waals surface area contributed by atoms with Crippen molar-refractivity contribution in [2.75, 3.05) is 5.32 Å². The number of imidazole rings is 1. The highest BCUT2D eigenvalue weighted by molar-refractivity contribution is 7.19. The molecular weight excluding hydrogens is 353 g/mol. The van der Waals surface area contributed by atoms with Gasteiger partial charge in [0.1, 0.15) is 16.4 Å². The summed E-state index contributed by atoms with van der Waals surface area (Å²) in [6.07, 6.45) is 1.82. The zero-order valence-corrected chi connectivity index (χ0v) is 14.5. The van der Waals surface area contributed by atoms with E-state index in [1.165, 1.54) is 29.5 Å². The van der Waals surface area contributed by atoms with E-state index in [-0.39, 0.29) is 17.5 Å². The van der Waals surface area contributed by atoms with Gasteiger partial charge >= 0.3 is 0 Å². The number of halogens is 1. The summed E-state index contributed by atoms with van der Waals surface area (Å²) in [6, 6.07) is 12.7. The molecule has 0 aliphatic carbocycles. The van der Waals surface area contributed by atoms with Crippen LogP contribution in [0.4, 0.5) is 10.1 Å². The number of anilines is 1. The van der Waals surface area contributed by atoms with Gasteiger partial charge in [-0.2, -0.15) is 0 Å². The van der Waals surface area contributed by atoms with Gasteiger partial charge in [0, 0.05) is 17.5 Å². The number of amides is 1. The van der Waals surface area contributed by atoms with E-state index in [1.54, 1.807) is 30.3 Å². The molecule has 5 nitrogen and oxygen atoms in total. The molecule has 2 aromatic carbocycles. The molecule has 0 fully saturated rings. The third kappa shape index (κ3) is 2.82. The van der Waals surface area contributed by atoms with Gasteiger partial charge in [0.05, 0.1) is 11.4 Å². The van der Waals surface area contributed by atoms with E-state index in [4.69, 9.17) is 0 Å². The maximum Gasteiger partial charge on any atom is 0.267 e. The normalized spacial score (nSPS) is 11.0. The second kappa shape index (κ2) is 6.27. The summed E-state index contributed by atoms with van der Waals surface area (Å²) >= 11 is 1.26. The van der Waals surface area contributed by atoms with Gasteiger partial charge in [0.25, 0.3) is 5.91 Å². The van der Waals surface area contributed by atoms with Gasteiger partial charge < -0.3 is 10.4 Å². The van der Waals surface area contributed by atoms with E-state index < -0.39 is 0 Å². The molecule has 0 spiro atoms. The highest BCUT2D eigenvalue weighted by Crippen LogP contribution is 2.29. The van der Waals surface area contributed by atoms with Crippen molar-refractivity contribution < 1.29 is 14.3 Å². The van der Waals surface area contributed by atoms with E-state index in [1.807, 2.05) is 17.5 Å². The van der Waals surface area contributed by atoms with E-state index in [9.17, 15) is 14.3 Å². The molecular formula is C19H14FN3O2S. The highest BCUT2D eigenvalue weighted by atomic mass is 32.1. The minimum absolute atomic E-state index is 0.0124. The van der Waals surface area contributed by atoms with Crippen molar-refractivity contribution in [1.29, 1.82) is 0 Å². The predicted octanol–water partition coefficient (Wildman–Crippen LogP) is 4.47. The van der Waals surface area contributed by atoms with Crippen LogP contribution in [0.3, 0.4) is 0 Å². The number of benzene rings is 2. The number of nitrogens with zero attached hydrogens (tertiary/aromatic N) is 2. The van der Waals surface area contributed by atoms with Crippen LogP contribution < -0.4 is 5.32 Å². The van der Waals surface area contributed by atoms with Gasteiger partial charge in [-0.1, -0.05) is 23.5 Å². The first kappa shape index (κ1) is 16.3. The number of carbonyl (C=O) groups excluding carboxylic acids is 1. The highest BCUT2D eigenvalue weighted by Gasteiger charge is 2.19. The molecule has 2 heterocycles. The molecule has 0 aliphatic rings. The molecule has 26 heavy (non-hydrogen) atoms. The first-order valence-electron chi connectivity index (χ1n) is 7.86. The Balaban J connectivity index is 1.66. The Bertz CT molecular complexity index is 1120. The van der Waals surface area contributed by atoms with Gasteiger partial charge in [0.15, 0.2) is 4.96 Å². The average molecular weight is 367 g/mol. The van der Waals surface area contributed by atoms with Crippen LogP contribution in [-0.4, -0.2) is 20.4 Å². The zero-order chi connectivity index (χ0) is 18.3. The molecule has 4 rings (SSSR count). The quantitative estimate of drug-likeness (QED) is 0.525. The molecule has 4 aromatic rings. The predicted molar refractivity (Wildman–Crippen MR) is 99.3 cm³/mol. The number of para-hydroxylation sites is 2. The molecule has 0 atom stereocenters. The number of thiazole rings is 1. The van der Waals surface area contributed by atoms with Crippen LogP contribution in [-0.2, 0) is 0 Å². The third-order valence-electron chi connectivity index (χ3n) is 4.06. The van der Waals surface area contributed by atoms with E-state index in [0.717, 1.165) is 11.3 Å². The molecule has 0 bridgehead atoms. The summed E-state index contributed by atoms with van der Waals surface area (Å²) in [5, 5.41) is 12.5. The molecule has 7 heteroatoms. The number of phenolic OH excluding ortho intramolecular Hbond substituents is 1. The van der Waals surface area contributed by atoms with Gasteiger partial charge in [-0.15, -0.1) is 0 Å². The molecule has 0 aliphatic heterocycles. The molecule has 0 saturated heterocycles. The number of aromatic hydroxyl groups is 1. The Kier molecular flexibility index (Phi) is 3.93. The van der Waals surface area contributed by atoms with Gasteiger partial charge in [0.2, 0.25) is 0 Å². The molecule has 2 N–H and O–H groups in total. The van der Waals surface area contributed by atoms with Crippen molar-refractivity contribution in [1.82, 2.24) is 9.38 Å². The fourth-order valence-electron chi connectivity index (χ4n) is 2.68. The first-order chi connectivity index (χ1) is 12.5. The van der Waals surface area contributed by atoms with E-state index in [0.29, 0.717) is 21.2 Å². The van der Waals surface area contributed by atoms with Crippen LogP contribution in [0.1, 0.15) is 15.4 Å². The van der Waals surface area contributed by atoms with E-state index in [2.05, 4.69) is 10.3 Å². The number of fused-ring (bicyclic) bond motifs is 1. The Morgan fingerprint density at radius 1 is 1.19 bits per heavy atom. The molecule has 130 valence electrons. The smallest absolute Gasteiger partial charge is 0.267 e. The summed E-state index contributed by atoms with van der Waals surface area (Å²) in [5.41, 5.74) is 2.63. The molecule has 1 amide bonds. The summed E-state index contributed by atoms with van der Waals surface area (Å²) in [4.78, 5) is 18.3. The topological polar surface area (TPSA) is 66.6 Å².